The van der Waals surface area contributed by atoms with Crippen LogP contribution in [-0.2, 0) is 0 Å². The number of nitrogens with one attached hydrogen (secondary N) is 1. The van der Waals surface area contributed by atoms with Gasteiger partial charge in [-0.05, 0) is 43.3 Å². The van der Waals surface area contributed by atoms with Gasteiger partial charge in [0.2, 0.25) is 0 Å². The SMILES string of the molecule is Cc1ccc(Nc2cc(-c3ccc(Cl)cc3)n(-c3ccccc3)n2)cc1. The third kappa shape index (κ3) is 3.48. The molecule has 0 spiro atoms. The molecule has 0 fully saturated rings. The Kier molecular flexibility index (Phi) is 4.46. The lowest BCUT2D eigenvalue weighted by Crippen LogP contribution is -1.99. The van der Waals surface area contributed by atoms with Crippen LogP contribution in [0.5, 0.6) is 0 Å². The van der Waals surface area contributed by atoms with Crippen LogP contribution in [0.4, 0.5) is 11.5 Å². The minimum Gasteiger partial charge on any atom is -0.339 e. The van der Waals surface area contributed by atoms with Crippen LogP contribution in [0.25, 0.3) is 16.9 Å². The van der Waals surface area contributed by atoms with Crippen molar-refractivity contribution in [1.29, 1.82) is 0 Å². The van der Waals surface area contributed by atoms with Crippen LogP contribution in [-0.4, -0.2) is 9.78 Å². The van der Waals surface area contributed by atoms with Gasteiger partial charge in [-0.15, -0.1) is 5.10 Å². The molecule has 4 heteroatoms. The van der Waals surface area contributed by atoms with Gasteiger partial charge in [0.15, 0.2) is 5.82 Å². The average Bonchev–Trinajstić information content (AvgIpc) is 3.09. The van der Waals surface area contributed by atoms with Crippen molar-refractivity contribution >= 4 is 23.1 Å². The number of rotatable bonds is 4. The normalized spacial score (nSPS) is 10.7. The van der Waals surface area contributed by atoms with Crippen LogP contribution < -0.4 is 5.32 Å². The Labute approximate surface area is 157 Å². The zero-order valence-electron chi connectivity index (χ0n) is 14.4. The van der Waals surface area contributed by atoms with Crippen molar-refractivity contribution in [3.63, 3.8) is 0 Å². The maximum absolute atomic E-state index is 6.05. The largest absolute Gasteiger partial charge is 0.339 e. The molecule has 128 valence electrons. The Morgan fingerprint density at radius 1 is 0.846 bits per heavy atom. The Balaban J connectivity index is 1.77. The minimum atomic E-state index is 0.720. The van der Waals surface area contributed by atoms with Crippen molar-refractivity contribution in [3.8, 4) is 16.9 Å². The maximum atomic E-state index is 6.05. The van der Waals surface area contributed by atoms with E-state index in [9.17, 15) is 0 Å². The van der Waals surface area contributed by atoms with Crippen LogP contribution in [0.2, 0.25) is 5.02 Å². The number of hydrogen-bond acceptors (Lipinski definition) is 2. The lowest BCUT2D eigenvalue weighted by molar-refractivity contribution is 0.892. The molecule has 1 heterocycles. The maximum Gasteiger partial charge on any atom is 0.153 e. The topological polar surface area (TPSA) is 29.9 Å². The van der Waals surface area contributed by atoms with Gasteiger partial charge >= 0.3 is 0 Å². The second-order valence-electron chi connectivity index (χ2n) is 6.16. The molecule has 1 N–H and O–H groups in total. The van der Waals surface area contributed by atoms with Gasteiger partial charge in [0, 0.05) is 22.3 Å². The molecule has 4 aromatic rings. The highest BCUT2D eigenvalue weighted by Crippen LogP contribution is 2.28. The number of benzene rings is 3. The Morgan fingerprint density at radius 3 is 2.23 bits per heavy atom. The van der Waals surface area contributed by atoms with Crippen molar-refractivity contribution in [2.24, 2.45) is 0 Å². The molecular weight excluding hydrogens is 342 g/mol. The molecule has 0 saturated carbocycles. The van der Waals surface area contributed by atoms with Crippen LogP contribution in [0, 0.1) is 6.92 Å². The van der Waals surface area contributed by atoms with Crippen molar-refractivity contribution in [1.82, 2.24) is 9.78 Å². The lowest BCUT2D eigenvalue weighted by Gasteiger charge is -2.07. The fourth-order valence-electron chi connectivity index (χ4n) is 2.82. The van der Waals surface area contributed by atoms with Gasteiger partial charge in [-0.1, -0.05) is 59.6 Å². The van der Waals surface area contributed by atoms with E-state index in [4.69, 9.17) is 16.7 Å². The van der Waals surface area contributed by atoms with Crippen molar-refractivity contribution < 1.29 is 0 Å². The van der Waals surface area contributed by atoms with Gasteiger partial charge in [0.25, 0.3) is 0 Å². The Morgan fingerprint density at radius 2 is 1.54 bits per heavy atom. The van der Waals surface area contributed by atoms with Crippen LogP contribution in [0.1, 0.15) is 5.56 Å². The minimum absolute atomic E-state index is 0.720. The Bertz CT molecular complexity index is 1000. The number of hydrogen-bond donors (Lipinski definition) is 1. The van der Waals surface area contributed by atoms with E-state index in [0.29, 0.717) is 0 Å². The predicted molar refractivity (Wildman–Crippen MR) is 108 cm³/mol. The molecule has 4 rings (SSSR count). The summed E-state index contributed by atoms with van der Waals surface area (Å²) in [6, 6.07) is 28.2. The molecule has 0 aliphatic heterocycles. The van der Waals surface area contributed by atoms with E-state index in [1.54, 1.807) is 0 Å². The van der Waals surface area contributed by atoms with Crippen molar-refractivity contribution in [3.05, 3.63) is 95.5 Å². The molecule has 0 aliphatic carbocycles. The summed E-state index contributed by atoms with van der Waals surface area (Å²) in [6.07, 6.45) is 0. The summed E-state index contributed by atoms with van der Waals surface area (Å²) in [6.45, 7) is 2.08. The summed E-state index contributed by atoms with van der Waals surface area (Å²) in [5.41, 5.74) is 5.31. The summed E-state index contributed by atoms with van der Waals surface area (Å²) < 4.78 is 1.94. The van der Waals surface area contributed by atoms with Gasteiger partial charge < -0.3 is 5.32 Å². The van der Waals surface area contributed by atoms with E-state index in [0.717, 1.165) is 33.5 Å². The quantitative estimate of drug-likeness (QED) is 0.467. The summed E-state index contributed by atoms with van der Waals surface area (Å²) in [5, 5.41) is 8.87. The van der Waals surface area contributed by atoms with Crippen molar-refractivity contribution in [2.75, 3.05) is 5.32 Å². The predicted octanol–water partition coefficient (Wildman–Crippen LogP) is 6.24. The summed E-state index contributed by atoms with van der Waals surface area (Å²) >= 11 is 6.05. The van der Waals surface area contributed by atoms with E-state index in [1.165, 1.54) is 5.56 Å². The fraction of sp³-hybridized carbons (Fsp3) is 0.0455. The third-order valence-corrected chi connectivity index (χ3v) is 4.43. The number of halogens is 1. The summed E-state index contributed by atoms with van der Waals surface area (Å²) in [5.74, 6) is 0.794. The Hall–Kier alpha value is -3.04. The van der Waals surface area contributed by atoms with Gasteiger partial charge in [-0.2, -0.15) is 0 Å². The molecule has 0 bridgehead atoms. The van der Waals surface area contributed by atoms with E-state index < -0.39 is 0 Å². The highest BCUT2D eigenvalue weighted by atomic mass is 35.5. The third-order valence-electron chi connectivity index (χ3n) is 4.17. The van der Waals surface area contributed by atoms with Crippen LogP contribution in [0.15, 0.2) is 84.9 Å². The van der Waals surface area contributed by atoms with Crippen LogP contribution in [0.3, 0.4) is 0 Å². The zero-order chi connectivity index (χ0) is 17.9. The molecular formula is C22H18ClN3. The summed E-state index contributed by atoms with van der Waals surface area (Å²) in [7, 11) is 0. The van der Waals surface area contributed by atoms with Gasteiger partial charge in [0.05, 0.1) is 11.4 Å². The van der Waals surface area contributed by atoms with Crippen molar-refractivity contribution in [2.45, 2.75) is 6.92 Å². The average molecular weight is 360 g/mol. The molecule has 1 aromatic heterocycles. The van der Waals surface area contributed by atoms with E-state index in [1.807, 2.05) is 59.3 Å². The number of nitrogens with zero attached hydrogens (tertiary/aromatic N) is 2. The smallest absolute Gasteiger partial charge is 0.153 e. The number of aromatic nitrogens is 2. The number of para-hydroxylation sites is 1. The summed E-state index contributed by atoms with van der Waals surface area (Å²) in [4.78, 5) is 0. The molecule has 3 aromatic carbocycles. The molecule has 26 heavy (non-hydrogen) atoms. The second-order valence-corrected chi connectivity index (χ2v) is 6.60. The molecule has 3 nitrogen and oxygen atoms in total. The van der Waals surface area contributed by atoms with Gasteiger partial charge in [0.1, 0.15) is 0 Å². The molecule has 0 unspecified atom stereocenters. The molecule has 0 atom stereocenters. The molecule has 0 amide bonds. The monoisotopic (exact) mass is 359 g/mol. The molecule has 0 saturated heterocycles. The molecule has 0 aliphatic rings. The van der Waals surface area contributed by atoms with E-state index in [-0.39, 0.29) is 0 Å². The first-order valence-corrected chi connectivity index (χ1v) is 8.82. The lowest BCUT2D eigenvalue weighted by atomic mass is 10.1. The molecule has 0 radical (unpaired) electrons. The standard InChI is InChI=1S/C22H18ClN3/c1-16-7-13-19(14-8-16)24-22-15-21(17-9-11-18(23)12-10-17)26(25-22)20-5-3-2-4-6-20/h2-15H,1H3,(H,24,25). The van der Waals surface area contributed by atoms with Gasteiger partial charge in [-0.3, -0.25) is 0 Å². The highest BCUT2D eigenvalue weighted by Gasteiger charge is 2.12. The second kappa shape index (κ2) is 7.06. The van der Waals surface area contributed by atoms with E-state index >= 15 is 0 Å². The fourth-order valence-corrected chi connectivity index (χ4v) is 2.95. The first-order chi connectivity index (χ1) is 12.7. The first kappa shape index (κ1) is 16.4. The zero-order valence-corrected chi connectivity index (χ0v) is 15.1. The van der Waals surface area contributed by atoms with Crippen LogP contribution >= 0.6 is 11.6 Å². The number of aryl methyl sites for hydroxylation is 1. The van der Waals surface area contributed by atoms with Gasteiger partial charge in [-0.25, -0.2) is 4.68 Å². The number of anilines is 2. The first-order valence-electron chi connectivity index (χ1n) is 8.44. The van der Waals surface area contributed by atoms with E-state index in [2.05, 4.69) is 42.6 Å². The highest BCUT2D eigenvalue weighted by molar-refractivity contribution is 6.30.